The Morgan fingerprint density at radius 1 is 1.58 bits per heavy atom. The van der Waals surface area contributed by atoms with E-state index in [1.165, 1.54) is 10.7 Å². The van der Waals surface area contributed by atoms with Crippen LogP contribution in [0.15, 0.2) is 12.4 Å². The fourth-order valence-electron chi connectivity index (χ4n) is 0.944. The lowest BCUT2D eigenvalue weighted by molar-refractivity contribution is 0.912. The lowest BCUT2D eigenvalue weighted by Crippen LogP contribution is -1.91. The van der Waals surface area contributed by atoms with Gasteiger partial charge in [0, 0.05) is 0 Å². The van der Waals surface area contributed by atoms with Crippen molar-refractivity contribution in [3.8, 4) is 6.07 Å². The highest BCUT2D eigenvalue weighted by molar-refractivity contribution is 5.32. The van der Waals surface area contributed by atoms with Gasteiger partial charge in [-0.2, -0.15) is 15.3 Å². The number of hydrogen-bond acceptors (Lipinski definition) is 4. The van der Waals surface area contributed by atoms with Crippen molar-refractivity contribution in [2.24, 2.45) is 0 Å². The molecule has 0 fully saturated rings. The van der Waals surface area contributed by atoms with Crippen molar-refractivity contribution in [3.05, 3.63) is 23.8 Å². The van der Waals surface area contributed by atoms with Gasteiger partial charge in [0.05, 0.1) is 18.0 Å². The summed E-state index contributed by atoms with van der Waals surface area (Å²) in [6, 6.07) is 1.98. The topological polar surface area (TPSA) is 66.9 Å². The first-order valence-electron chi connectivity index (χ1n) is 3.39. The highest BCUT2D eigenvalue weighted by atomic mass is 15.3. The molecule has 0 aromatic carbocycles. The molecular formula is C7H5N5. The van der Waals surface area contributed by atoms with Crippen LogP contribution >= 0.6 is 0 Å². The van der Waals surface area contributed by atoms with Gasteiger partial charge in [0.1, 0.15) is 11.9 Å². The molecule has 0 saturated carbocycles. The van der Waals surface area contributed by atoms with Crippen LogP contribution in [0, 0.1) is 18.3 Å². The zero-order valence-electron chi connectivity index (χ0n) is 6.39. The third kappa shape index (κ3) is 0.900. The van der Waals surface area contributed by atoms with Crippen LogP contribution in [0.4, 0.5) is 0 Å². The van der Waals surface area contributed by atoms with E-state index in [0.717, 1.165) is 0 Å². The Bertz CT molecular complexity index is 464. The highest BCUT2D eigenvalue weighted by Crippen LogP contribution is 1.98. The van der Waals surface area contributed by atoms with Crippen LogP contribution in [0.2, 0.25) is 0 Å². The van der Waals surface area contributed by atoms with Gasteiger partial charge in [0.25, 0.3) is 5.78 Å². The SMILES string of the molecule is Cc1nc2ncc(C#N)cn2n1. The van der Waals surface area contributed by atoms with Gasteiger partial charge in [-0.15, -0.1) is 0 Å². The second-order valence-electron chi connectivity index (χ2n) is 2.36. The molecule has 2 heterocycles. The molecule has 0 bridgehead atoms. The van der Waals surface area contributed by atoms with E-state index < -0.39 is 0 Å². The normalized spacial score (nSPS) is 10.0. The summed E-state index contributed by atoms with van der Waals surface area (Å²) in [6.07, 6.45) is 3.08. The van der Waals surface area contributed by atoms with E-state index in [1.807, 2.05) is 6.07 Å². The molecule has 12 heavy (non-hydrogen) atoms. The summed E-state index contributed by atoms with van der Waals surface area (Å²) in [4.78, 5) is 7.96. The maximum absolute atomic E-state index is 8.55. The minimum absolute atomic E-state index is 0.479. The molecule has 5 nitrogen and oxygen atoms in total. The lowest BCUT2D eigenvalue weighted by atomic mass is 10.4. The first kappa shape index (κ1) is 6.73. The van der Waals surface area contributed by atoms with Crippen molar-refractivity contribution in [1.82, 2.24) is 19.6 Å². The molecular weight excluding hydrogens is 154 g/mol. The van der Waals surface area contributed by atoms with Crippen molar-refractivity contribution in [3.63, 3.8) is 0 Å². The number of hydrogen-bond donors (Lipinski definition) is 0. The Balaban J connectivity index is 2.77. The third-order valence-electron chi connectivity index (χ3n) is 1.43. The van der Waals surface area contributed by atoms with Gasteiger partial charge >= 0.3 is 0 Å². The van der Waals surface area contributed by atoms with E-state index in [-0.39, 0.29) is 0 Å². The molecule has 0 unspecified atom stereocenters. The average molecular weight is 159 g/mol. The number of nitriles is 1. The molecule has 5 heteroatoms. The predicted molar refractivity (Wildman–Crippen MR) is 40.2 cm³/mol. The minimum atomic E-state index is 0.479. The molecule has 2 aromatic rings. The van der Waals surface area contributed by atoms with E-state index in [2.05, 4.69) is 15.1 Å². The molecule has 0 N–H and O–H groups in total. The lowest BCUT2D eigenvalue weighted by Gasteiger charge is -1.88. The maximum Gasteiger partial charge on any atom is 0.252 e. The highest BCUT2D eigenvalue weighted by Gasteiger charge is 2.00. The van der Waals surface area contributed by atoms with Crippen molar-refractivity contribution < 1.29 is 0 Å². The van der Waals surface area contributed by atoms with Gasteiger partial charge in [-0.05, 0) is 6.92 Å². The second-order valence-corrected chi connectivity index (χ2v) is 2.36. The van der Waals surface area contributed by atoms with E-state index >= 15 is 0 Å². The Labute approximate surface area is 68.3 Å². The molecule has 58 valence electrons. The molecule has 2 aromatic heterocycles. The minimum Gasteiger partial charge on any atom is -0.218 e. The number of rotatable bonds is 0. The second kappa shape index (κ2) is 2.27. The van der Waals surface area contributed by atoms with Crippen LogP contribution in [0.5, 0.6) is 0 Å². The maximum atomic E-state index is 8.55. The van der Waals surface area contributed by atoms with Crippen LogP contribution in [-0.2, 0) is 0 Å². The molecule has 2 rings (SSSR count). The number of aromatic nitrogens is 4. The van der Waals surface area contributed by atoms with Crippen LogP contribution in [0.3, 0.4) is 0 Å². The summed E-state index contributed by atoms with van der Waals surface area (Å²) in [7, 11) is 0. The van der Waals surface area contributed by atoms with Gasteiger partial charge in [0.15, 0.2) is 0 Å². The Kier molecular flexibility index (Phi) is 1.27. The van der Waals surface area contributed by atoms with Crippen molar-refractivity contribution >= 4 is 5.78 Å². The zero-order valence-corrected chi connectivity index (χ0v) is 6.39. The molecule has 0 aliphatic carbocycles. The number of nitrogens with zero attached hydrogens (tertiary/aromatic N) is 5. The number of aryl methyl sites for hydroxylation is 1. The van der Waals surface area contributed by atoms with Crippen molar-refractivity contribution in [2.45, 2.75) is 6.92 Å². The molecule has 0 amide bonds. The van der Waals surface area contributed by atoms with Crippen LogP contribution in [0.25, 0.3) is 5.78 Å². The summed E-state index contributed by atoms with van der Waals surface area (Å²) in [5.41, 5.74) is 0.479. The van der Waals surface area contributed by atoms with Crippen LogP contribution < -0.4 is 0 Å². The fourth-order valence-corrected chi connectivity index (χ4v) is 0.944. The quantitative estimate of drug-likeness (QED) is 0.554. The predicted octanol–water partition coefficient (Wildman–Crippen LogP) is 0.304. The largest absolute Gasteiger partial charge is 0.252 e. The molecule has 0 aliphatic heterocycles. The fraction of sp³-hybridized carbons (Fsp3) is 0.143. The smallest absolute Gasteiger partial charge is 0.218 e. The van der Waals surface area contributed by atoms with Crippen LogP contribution in [-0.4, -0.2) is 19.6 Å². The van der Waals surface area contributed by atoms with Gasteiger partial charge in [-0.1, -0.05) is 0 Å². The van der Waals surface area contributed by atoms with E-state index in [9.17, 15) is 0 Å². The Morgan fingerprint density at radius 3 is 3.17 bits per heavy atom. The average Bonchev–Trinajstić information content (AvgIpc) is 2.43. The molecule has 0 spiro atoms. The van der Waals surface area contributed by atoms with Crippen molar-refractivity contribution in [2.75, 3.05) is 0 Å². The third-order valence-corrected chi connectivity index (χ3v) is 1.43. The monoisotopic (exact) mass is 159 g/mol. The zero-order chi connectivity index (χ0) is 8.55. The summed E-state index contributed by atoms with van der Waals surface area (Å²) < 4.78 is 1.49. The standard InChI is InChI=1S/C7H5N5/c1-5-10-7-9-3-6(2-8)4-12(7)11-5/h3-4H,1H3. The summed E-state index contributed by atoms with van der Waals surface area (Å²) >= 11 is 0. The van der Waals surface area contributed by atoms with E-state index in [0.29, 0.717) is 17.2 Å². The first-order chi connectivity index (χ1) is 5.79. The summed E-state index contributed by atoms with van der Waals surface area (Å²) in [5.74, 6) is 1.17. The molecule has 0 atom stereocenters. The van der Waals surface area contributed by atoms with Gasteiger partial charge in [0.2, 0.25) is 0 Å². The van der Waals surface area contributed by atoms with E-state index in [4.69, 9.17) is 5.26 Å². The molecule has 0 aliphatic rings. The molecule has 0 saturated heterocycles. The van der Waals surface area contributed by atoms with Crippen molar-refractivity contribution in [1.29, 1.82) is 5.26 Å². The number of fused-ring (bicyclic) bond motifs is 1. The van der Waals surface area contributed by atoms with Gasteiger partial charge in [-0.25, -0.2) is 9.50 Å². The van der Waals surface area contributed by atoms with Gasteiger partial charge in [-0.3, -0.25) is 0 Å². The summed E-state index contributed by atoms with van der Waals surface area (Å²) in [5, 5.41) is 12.6. The first-order valence-corrected chi connectivity index (χ1v) is 3.39. The molecule has 0 radical (unpaired) electrons. The summed E-state index contributed by atoms with van der Waals surface area (Å²) in [6.45, 7) is 1.78. The van der Waals surface area contributed by atoms with Crippen LogP contribution in [0.1, 0.15) is 11.4 Å². The van der Waals surface area contributed by atoms with Gasteiger partial charge < -0.3 is 0 Å². The van der Waals surface area contributed by atoms with E-state index in [1.54, 1.807) is 13.1 Å². The Morgan fingerprint density at radius 2 is 2.42 bits per heavy atom. The Hall–Kier alpha value is -1.96.